The lowest BCUT2D eigenvalue weighted by atomic mass is 10.2. The number of ether oxygens (including phenoxy) is 1. The lowest BCUT2D eigenvalue weighted by Gasteiger charge is -1.92. The lowest BCUT2D eigenvalue weighted by Crippen LogP contribution is -1.87. The molecule has 0 radical (unpaired) electrons. The first-order valence-corrected chi connectivity index (χ1v) is 3.80. The largest absolute Gasteiger partial charge is 0.478 e. The molecule has 0 aliphatic rings. The number of fused-ring (bicyclic) bond motifs is 1. The minimum absolute atomic E-state index is 0.0148. The van der Waals surface area contributed by atoms with Gasteiger partial charge in [0.25, 0.3) is 11.6 Å². The molecule has 72 valence electrons. The smallest absolute Gasteiger partial charge is 0.270 e. The highest BCUT2D eigenvalue weighted by Crippen LogP contribution is 2.27. The van der Waals surface area contributed by atoms with Gasteiger partial charge in [-0.2, -0.15) is 0 Å². The molecule has 0 amide bonds. The number of aromatic nitrogens is 1. The van der Waals surface area contributed by atoms with Crippen LogP contribution in [0.25, 0.3) is 11.0 Å². The predicted molar refractivity (Wildman–Crippen MR) is 47.2 cm³/mol. The Morgan fingerprint density at radius 2 is 2.36 bits per heavy atom. The fourth-order valence-corrected chi connectivity index (χ4v) is 1.17. The Kier molecular flexibility index (Phi) is 1.81. The molecule has 0 bridgehead atoms. The molecule has 2 rings (SSSR count). The Labute approximate surface area is 78.2 Å². The van der Waals surface area contributed by atoms with E-state index in [0.717, 1.165) is 0 Å². The van der Waals surface area contributed by atoms with Crippen molar-refractivity contribution in [3.8, 4) is 5.88 Å². The van der Waals surface area contributed by atoms with Crippen LogP contribution >= 0.6 is 0 Å². The molecule has 0 spiro atoms. The van der Waals surface area contributed by atoms with E-state index in [-0.39, 0.29) is 11.6 Å². The van der Waals surface area contributed by atoms with Crippen LogP contribution in [0.1, 0.15) is 0 Å². The molecule has 0 saturated carbocycles. The number of hydrogen-bond donors (Lipinski definition) is 0. The predicted octanol–water partition coefficient (Wildman–Crippen LogP) is 1.74. The highest BCUT2D eigenvalue weighted by molar-refractivity contribution is 5.84. The van der Waals surface area contributed by atoms with E-state index >= 15 is 0 Å². The van der Waals surface area contributed by atoms with Gasteiger partial charge in [0.2, 0.25) is 0 Å². The number of benzene rings is 1. The van der Waals surface area contributed by atoms with Crippen LogP contribution in [-0.4, -0.2) is 17.2 Å². The molecule has 0 fully saturated rings. The van der Waals surface area contributed by atoms with Crippen LogP contribution in [0.15, 0.2) is 22.7 Å². The van der Waals surface area contributed by atoms with E-state index in [4.69, 9.17) is 9.26 Å². The molecule has 6 heteroatoms. The van der Waals surface area contributed by atoms with Gasteiger partial charge in [0.1, 0.15) is 0 Å². The van der Waals surface area contributed by atoms with Crippen molar-refractivity contribution in [2.24, 2.45) is 0 Å². The molecule has 1 aromatic carbocycles. The molecule has 1 heterocycles. The number of nitro groups is 1. The number of rotatable bonds is 2. The van der Waals surface area contributed by atoms with Crippen molar-refractivity contribution in [2.75, 3.05) is 7.11 Å². The minimum Gasteiger partial charge on any atom is -0.478 e. The number of nitro benzene ring substituents is 1. The molecule has 2 aromatic rings. The minimum atomic E-state index is -0.480. The zero-order chi connectivity index (χ0) is 10.1. The summed E-state index contributed by atoms with van der Waals surface area (Å²) in [6, 6.07) is 4.21. The van der Waals surface area contributed by atoms with Crippen molar-refractivity contribution in [2.45, 2.75) is 0 Å². The van der Waals surface area contributed by atoms with E-state index in [1.54, 1.807) is 0 Å². The fourth-order valence-electron chi connectivity index (χ4n) is 1.17. The van der Waals surface area contributed by atoms with Crippen LogP contribution in [0.2, 0.25) is 0 Å². The molecule has 14 heavy (non-hydrogen) atoms. The van der Waals surface area contributed by atoms with Crippen molar-refractivity contribution >= 4 is 16.7 Å². The molecule has 0 unspecified atom stereocenters. The van der Waals surface area contributed by atoms with Gasteiger partial charge < -0.3 is 9.26 Å². The molecule has 6 nitrogen and oxygen atoms in total. The average molecular weight is 194 g/mol. The van der Waals surface area contributed by atoms with Crippen LogP contribution in [0.3, 0.4) is 0 Å². The standard InChI is InChI=1S/C8H6N2O4/c1-13-8-6-4-5(10(11)12)2-3-7(6)14-9-8/h2-4H,1H3. The van der Waals surface area contributed by atoms with Crippen molar-refractivity contribution in [1.82, 2.24) is 5.16 Å². The number of nitrogens with zero attached hydrogens (tertiary/aromatic N) is 2. The third-order valence-corrected chi connectivity index (χ3v) is 1.82. The van der Waals surface area contributed by atoms with Gasteiger partial charge >= 0.3 is 0 Å². The van der Waals surface area contributed by atoms with Crippen LogP contribution in [0.5, 0.6) is 5.88 Å². The maximum absolute atomic E-state index is 10.5. The first-order chi connectivity index (χ1) is 6.72. The monoisotopic (exact) mass is 194 g/mol. The summed E-state index contributed by atoms with van der Waals surface area (Å²) < 4.78 is 9.75. The average Bonchev–Trinajstić information content (AvgIpc) is 2.59. The molecule has 1 aromatic heterocycles. The van der Waals surface area contributed by atoms with Crippen LogP contribution < -0.4 is 4.74 Å². The molecule has 0 saturated heterocycles. The van der Waals surface area contributed by atoms with E-state index in [9.17, 15) is 10.1 Å². The zero-order valence-electron chi connectivity index (χ0n) is 7.26. The van der Waals surface area contributed by atoms with Crippen molar-refractivity contribution in [3.05, 3.63) is 28.3 Å². The third-order valence-electron chi connectivity index (χ3n) is 1.82. The molecule has 0 aliphatic heterocycles. The van der Waals surface area contributed by atoms with Crippen molar-refractivity contribution < 1.29 is 14.2 Å². The van der Waals surface area contributed by atoms with Crippen LogP contribution in [0, 0.1) is 10.1 Å². The van der Waals surface area contributed by atoms with Gasteiger partial charge in [-0.15, -0.1) is 0 Å². The molecule has 0 N–H and O–H groups in total. The first-order valence-electron chi connectivity index (χ1n) is 3.80. The molecule has 0 atom stereocenters. The van der Waals surface area contributed by atoms with E-state index in [2.05, 4.69) is 5.16 Å². The SMILES string of the molecule is COc1noc2ccc([N+](=O)[O-])cc12. The quantitative estimate of drug-likeness (QED) is 0.537. The van der Waals surface area contributed by atoms with Crippen LogP contribution in [-0.2, 0) is 0 Å². The number of non-ortho nitro benzene ring substituents is 1. The van der Waals surface area contributed by atoms with Crippen molar-refractivity contribution in [1.29, 1.82) is 0 Å². The Bertz CT molecular complexity index is 491. The number of hydrogen-bond acceptors (Lipinski definition) is 5. The highest BCUT2D eigenvalue weighted by Gasteiger charge is 2.13. The van der Waals surface area contributed by atoms with Crippen LogP contribution in [0.4, 0.5) is 5.69 Å². The van der Waals surface area contributed by atoms with E-state index < -0.39 is 4.92 Å². The molecule has 0 aliphatic carbocycles. The summed E-state index contributed by atoms with van der Waals surface area (Å²) in [6.45, 7) is 0. The van der Waals surface area contributed by atoms with Gasteiger partial charge in [0.05, 0.1) is 17.4 Å². The topological polar surface area (TPSA) is 78.4 Å². The second-order valence-corrected chi connectivity index (χ2v) is 2.63. The third kappa shape index (κ3) is 1.17. The van der Waals surface area contributed by atoms with E-state index in [0.29, 0.717) is 11.0 Å². The normalized spacial score (nSPS) is 10.4. The second-order valence-electron chi connectivity index (χ2n) is 2.63. The van der Waals surface area contributed by atoms with Gasteiger partial charge in [-0.1, -0.05) is 0 Å². The van der Waals surface area contributed by atoms with Gasteiger partial charge in [0.15, 0.2) is 5.58 Å². The Balaban J connectivity index is 2.67. The maximum atomic E-state index is 10.5. The highest BCUT2D eigenvalue weighted by atomic mass is 16.6. The second kappa shape index (κ2) is 2.99. The Morgan fingerprint density at radius 1 is 1.57 bits per heavy atom. The van der Waals surface area contributed by atoms with Gasteiger partial charge in [0, 0.05) is 12.1 Å². The summed E-state index contributed by atoms with van der Waals surface area (Å²) >= 11 is 0. The van der Waals surface area contributed by atoms with Gasteiger partial charge in [-0.25, -0.2) is 0 Å². The fraction of sp³-hybridized carbons (Fsp3) is 0.125. The lowest BCUT2D eigenvalue weighted by molar-refractivity contribution is -0.384. The van der Waals surface area contributed by atoms with E-state index in [1.165, 1.54) is 25.3 Å². The summed E-state index contributed by atoms with van der Waals surface area (Å²) in [5, 5.41) is 14.6. The summed E-state index contributed by atoms with van der Waals surface area (Å²) in [5.74, 6) is 0.253. The zero-order valence-corrected chi connectivity index (χ0v) is 7.26. The first kappa shape index (κ1) is 8.49. The molecular weight excluding hydrogens is 188 g/mol. The summed E-state index contributed by atoms with van der Waals surface area (Å²) in [6.07, 6.45) is 0. The van der Waals surface area contributed by atoms with Gasteiger partial charge in [-0.05, 0) is 11.2 Å². The molecular formula is C8H6N2O4. The Hall–Kier alpha value is -2.11. The maximum Gasteiger partial charge on any atom is 0.270 e. The van der Waals surface area contributed by atoms with Gasteiger partial charge in [-0.3, -0.25) is 10.1 Å². The summed E-state index contributed by atoms with van der Waals surface area (Å²) in [7, 11) is 1.43. The van der Waals surface area contributed by atoms with Crippen molar-refractivity contribution in [3.63, 3.8) is 0 Å². The Morgan fingerprint density at radius 3 is 3.00 bits per heavy atom. The van der Waals surface area contributed by atoms with E-state index in [1.807, 2.05) is 0 Å². The number of methoxy groups -OCH3 is 1. The summed E-state index contributed by atoms with van der Waals surface area (Å²) in [4.78, 5) is 10.00. The summed E-state index contributed by atoms with van der Waals surface area (Å²) in [5.41, 5.74) is 0.450.